The molecule has 2 aromatic carbocycles. The van der Waals surface area contributed by atoms with E-state index < -0.39 is 0 Å². The van der Waals surface area contributed by atoms with Crippen molar-refractivity contribution >= 4 is 11.9 Å². The number of hydrogen-bond acceptors (Lipinski definition) is 5. The second kappa shape index (κ2) is 13.2. The second-order valence-corrected chi connectivity index (χ2v) is 7.86. The van der Waals surface area contributed by atoms with E-state index in [1.165, 1.54) is 17.2 Å². The predicted octanol–water partition coefficient (Wildman–Crippen LogP) is 6.68. The molecule has 2 aromatic rings. The lowest BCUT2D eigenvalue weighted by atomic mass is 10.1. The quantitative estimate of drug-likeness (QED) is 0.205. The summed E-state index contributed by atoms with van der Waals surface area (Å²) in [4.78, 5) is 12.7. The van der Waals surface area contributed by atoms with E-state index in [2.05, 4.69) is 32.9 Å². The summed E-state index contributed by atoms with van der Waals surface area (Å²) in [6, 6.07) is 10.7. The molecule has 5 heteroatoms. The van der Waals surface area contributed by atoms with Gasteiger partial charge in [-0.25, -0.2) is 0 Å². The fourth-order valence-electron chi connectivity index (χ4n) is 3.13. The number of hydrogen-bond donors (Lipinski definition) is 0. The van der Waals surface area contributed by atoms with Gasteiger partial charge in [0.15, 0.2) is 28.8 Å². The van der Waals surface area contributed by atoms with Gasteiger partial charge in [-0.05, 0) is 81.7 Å². The topological polar surface area (TPSA) is 54.0 Å². The summed E-state index contributed by atoms with van der Waals surface area (Å²) in [5.41, 5.74) is 3.96. The maximum absolute atomic E-state index is 12.7. The lowest BCUT2D eigenvalue weighted by Gasteiger charge is -2.11. The SMILES string of the molecule is COc1ccc(/C=C/C(=O)c2ccc(OC/C=C(\C)CCC=C(C)C)c(OC)c2)cc1OC. The molecule has 0 aliphatic carbocycles. The first kappa shape index (κ1) is 25.8. The molecule has 0 aliphatic rings. The maximum Gasteiger partial charge on any atom is 0.185 e. The van der Waals surface area contributed by atoms with Crippen LogP contribution in [-0.4, -0.2) is 33.7 Å². The lowest BCUT2D eigenvalue weighted by molar-refractivity contribution is 0.104. The van der Waals surface area contributed by atoms with Gasteiger partial charge < -0.3 is 18.9 Å². The maximum atomic E-state index is 12.7. The Morgan fingerprint density at radius 1 is 0.818 bits per heavy atom. The van der Waals surface area contributed by atoms with E-state index >= 15 is 0 Å². The van der Waals surface area contributed by atoms with Crippen molar-refractivity contribution < 1.29 is 23.7 Å². The van der Waals surface area contributed by atoms with Gasteiger partial charge >= 0.3 is 0 Å². The Kier molecular flexibility index (Phi) is 10.3. The van der Waals surface area contributed by atoms with Gasteiger partial charge in [-0.1, -0.05) is 29.4 Å². The predicted molar refractivity (Wildman–Crippen MR) is 134 cm³/mol. The van der Waals surface area contributed by atoms with Crippen LogP contribution in [0.2, 0.25) is 0 Å². The first-order valence-corrected chi connectivity index (χ1v) is 10.9. The van der Waals surface area contributed by atoms with E-state index in [-0.39, 0.29) is 5.78 Å². The molecule has 0 heterocycles. The highest BCUT2D eigenvalue weighted by Crippen LogP contribution is 2.30. The number of carbonyl (C=O) groups is 1. The Morgan fingerprint density at radius 2 is 1.48 bits per heavy atom. The summed E-state index contributed by atoms with van der Waals surface area (Å²) < 4.78 is 21.9. The van der Waals surface area contributed by atoms with Crippen molar-refractivity contribution in [2.75, 3.05) is 27.9 Å². The van der Waals surface area contributed by atoms with Crippen LogP contribution in [0.15, 0.2) is 65.8 Å². The number of allylic oxidation sites excluding steroid dienone is 4. The Labute approximate surface area is 197 Å². The number of carbonyl (C=O) groups excluding carboxylic acids is 1. The van der Waals surface area contributed by atoms with Crippen LogP contribution in [0.5, 0.6) is 23.0 Å². The van der Waals surface area contributed by atoms with E-state index in [1.807, 2.05) is 12.1 Å². The summed E-state index contributed by atoms with van der Waals surface area (Å²) in [6.07, 6.45) is 9.60. The Hall–Kier alpha value is -3.47. The monoisotopic (exact) mass is 450 g/mol. The van der Waals surface area contributed by atoms with Crippen LogP contribution in [-0.2, 0) is 0 Å². The molecule has 33 heavy (non-hydrogen) atoms. The van der Waals surface area contributed by atoms with E-state index in [9.17, 15) is 4.79 Å². The molecular formula is C28H34O5. The highest BCUT2D eigenvalue weighted by molar-refractivity contribution is 6.07. The number of ether oxygens (including phenoxy) is 4. The van der Waals surface area contributed by atoms with Crippen LogP contribution < -0.4 is 18.9 Å². The van der Waals surface area contributed by atoms with Gasteiger partial charge in [-0.15, -0.1) is 0 Å². The van der Waals surface area contributed by atoms with Crippen molar-refractivity contribution in [2.24, 2.45) is 0 Å². The van der Waals surface area contributed by atoms with Crippen molar-refractivity contribution in [3.63, 3.8) is 0 Å². The number of benzene rings is 2. The van der Waals surface area contributed by atoms with Gasteiger partial charge in [0, 0.05) is 5.56 Å². The molecule has 176 valence electrons. The minimum Gasteiger partial charge on any atom is -0.493 e. The minimum atomic E-state index is -0.135. The van der Waals surface area contributed by atoms with Gasteiger partial charge in [-0.3, -0.25) is 4.79 Å². The molecule has 0 saturated heterocycles. The number of ketones is 1. The molecule has 0 bridgehead atoms. The van der Waals surface area contributed by atoms with Crippen molar-refractivity contribution in [3.05, 3.63) is 76.9 Å². The normalized spacial score (nSPS) is 11.3. The van der Waals surface area contributed by atoms with E-state index in [0.717, 1.165) is 18.4 Å². The van der Waals surface area contributed by atoms with Crippen molar-refractivity contribution in [1.29, 1.82) is 0 Å². The van der Waals surface area contributed by atoms with Crippen LogP contribution >= 0.6 is 0 Å². The second-order valence-electron chi connectivity index (χ2n) is 7.86. The average Bonchev–Trinajstić information content (AvgIpc) is 2.82. The lowest BCUT2D eigenvalue weighted by Crippen LogP contribution is -2.00. The smallest absolute Gasteiger partial charge is 0.185 e. The van der Waals surface area contributed by atoms with Gasteiger partial charge in [0.25, 0.3) is 0 Å². The van der Waals surface area contributed by atoms with Crippen LogP contribution in [0.3, 0.4) is 0 Å². The Morgan fingerprint density at radius 3 is 2.15 bits per heavy atom. The molecule has 0 fully saturated rings. The summed E-state index contributed by atoms with van der Waals surface area (Å²) in [5.74, 6) is 2.24. The molecule has 0 radical (unpaired) electrons. The minimum absolute atomic E-state index is 0.135. The molecule has 0 spiro atoms. The molecule has 0 saturated carbocycles. The van der Waals surface area contributed by atoms with Gasteiger partial charge in [0.05, 0.1) is 21.3 Å². The zero-order valence-electron chi connectivity index (χ0n) is 20.4. The highest BCUT2D eigenvalue weighted by atomic mass is 16.5. The highest BCUT2D eigenvalue weighted by Gasteiger charge is 2.10. The van der Waals surface area contributed by atoms with Gasteiger partial charge in [0.1, 0.15) is 6.61 Å². The van der Waals surface area contributed by atoms with Gasteiger partial charge in [0.2, 0.25) is 0 Å². The zero-order chi connectivity index (χ0) is 24.2. The molecule has 2 rings (SSSR count). The first-order valence-electron chi connectivity index (χ1n) is 10.9. The first-order chi connectivity index (χ1) is 15.9. The molecule has 0 atom stereocenters. The Bertz CT molecular complexity index is 1030. The van der Waals surface area contributed by atoms with Crippen LogP contribution in [0.4, 0.5) is 0 Å². The summed E-state index contributed by atoms with van der Waals surface area (Å²) in [6.45, 7) is 6.76. The van der Waals surface area contributed by atoms with E-state index in [0.29, 0.717) is 35.2 Å². The molecule has 5 nitrogen and oxygen atoms in total. The van der Waals surface area contributed by atoms with Crippen molar-refractivity contribution in [3.8, 4) is 23.0 Å². The molecule has 0 aromatic heterocycles. The van der Waals surface area contributed by atoms with Crippen molar-refractivity contribution in [2.45, 2.75) is 33.6 Å². The largest absolute Gasteiger partial charge is 0.493 e. The molecule has 0 aliphatic heterocycles. The zero-order valence-corrected chi connectivity index (χ0v) is 20.4. The van der Waals surface area contributed by atoms with Crippen molar-refractivity contribution in [1.82, 2.24) is 0 Å². The summed E-state index contributed by atoms with van der Waals surface area (Å²) in [7, 11) is 4.73. The third kappa shape index (κ3) is 8.19. The third-order valence-electron chi connectivity index (χ3n) is 5.04. The molecule has 0 unspecified atom stereocenters. The van der Waals surface area contributed by atoms with E-state index in [4.69, 9.17) is 18.9 Å². The van der Waals surface area contributed by atoms with Crippen LogP contribution in [0.25, 0.3) is 6.08 Å². The van der Waals surface area contributed by atoms with Crippen LogP contribution in [0, 0.1) is 0 Å². The fourth-order valence-corrected chi connectivity index (χ4v) is 3.13. The standard InChI is InChI=1S/C28H34O5/c1-20(2)8-7-9-21(3)16-17-33-26-15-12-23(19-28(26)32-6)24(29)13-10-22-11-14-25(30-4)27(18-22)31-5/h8,10-16,18-19H,7,9,17H2,1-6H3/b13-10+,21-16+. The molecule has 0 N–H and O–H groups in total. The summed E-state index contributed by atoms with van der Waals surface area (Å²) >= 11 is 0. The molecule has 0 amide bonds. The fraction of sp³-hybridized carbons (Fsp3) is 0.321. The van der Waals surface area contributed by atoms with Crippen LogP contribution in [0.1, 0.15) is 49.5 Å². The number of rotatable bonds is 12. The molecular weight excluding hydrogens is 416 g/mol. The third-order valence-corrected chi connectivity index (χ3v) is 5.04. The average molecular weight is 451 g/mol. The van der Waals surface area contributed by atoms with Gasteiger partial charge in [-0.2, -0.15) is 0 Å². The Balaban J connectivity index is 2.04. The number of methoxy groups -OCH3 is 3. The summed E-state index contributed by atoms with van der Waals surface area (Å²) in [5, 5.41) is 0. The van der Waals surface area contributed by atoms with E-state index in [1.54, 1.807) is 51.7 Å².